The molecule has 1 amide bonds. The van der Waals surface area contributed by atoms with E-state index in [0.29, 0.717) is 6.42 Å². The van der Waals surface area contributed by atoms with E-state index in [-0.39, 0.29) is 12.5 Å². The standard InChI is InChI=1S/C18H28N6O4/c1-12(2)13(17(25)26)22-18(27)28-9-7-5-6-8-24-11-21-14-15(23(3)4)19-10-20-16(14)24/h10-13H,5-9H2,1-4H3,(H,22,27)(H,25,26). The zero-order valence-corrected chi connectivity index (χ0v) is 16.8. The lowest BCUT2D eigenvalue weighted by atomic mass is 10.1. The van der Waals surface area contributed by atoms with Crippen molar-refractivity contribution in [3.05, 3.63) is 12.7 Å². The van der Waals surface area contributed by atoms with Gasteiger partial charge in [0.2, 0.25) is 0 Å². The number of carbonyl (C=O) groups is 2. The number of carbonyl (C=O) groups excluding carboxylic acids is 1. The molecule has 0 saturated heterocycles. The average molecular weight is 392 g/mol. The fourth-order valence-electron chi connectivity index (χ4n) is 2.77. The molecule has 0 radical (unpaired) electrons. The summed E-state index contributed by atoms with van der Waals surface area (Å²) in [4.78, 5) is 37.6. The van der Waals surface area contributed by atoms with Crippen LogP contribution in [0.5, 0.6) is 0 Å². The highest BCUT2D eigenvalue weighted by Crippen LogP contribution is 2.19. The molecule has 0 aliphatic rings. The van der Waals surface area contributed by atoms with Gasteiger partial charge in [-0.2, -0.15) is 0 Å². The largest absolute Gasteiger partial charge is 0.480 e. The maximum absolute atomic E-state index is 11.7. The number of nitrogens with zero attached hydrogens (tertiary/aromatic N) is 5. The second-order valence-electron chi connectivity index (χ2n) is 7.10. The Kier molecular flexibility index (Phi) is 7.53. The van der Waals surface area contributed by atoms with Crippen LogP contribution in [0.2, 0.25) is 0 Å². The summed E-state index contributed by atoms with van der Waals surface area (Å²) in [6.45, 7) is 4.45. The topological polar surface area (TPSA) is 122 Å². The maximum Gasteiger partial charge on any atom is 0.407 e. The Labute approximate surface area is 163 Å². The first kappa shape index (κ1) is 21.4. The van der Waals surface area contributed by atoms with E-state index < -0.39 is 18.1 Å². The normalized spacial score (nSPS) is 12.2. The van der Waals surface area contributed by atoms with Gasteiger partial charge in [-0.05, 0) is 25.2 Å². The van der Waals surface area contributed by atoms with E-state index in [1.165, 1.54) is 6.33 Å². The minimum absolute atomic E-state index is 0.216. The molecule has 0 bridgehead atoms. The predicted octanol–water partition coefficient (Wildman–Crippen LogP) is 1.90. The number of aliphatic carboxylic acids is 1. The van der Waals surface area contributed by atoms with E-state index in [9.17, 15) is 9.59 Å². The number of carboxylic acids is 1. The number of aryl methyl sites for hydroxylation is 1. The molecule has 2 heterocycles. The molecule has 2 aromatic heterocycles. The number of amides is 1. The quantitative estimate of drug-likeness (QED) is 0.588. The van der Waals surface area contributed by atoms with Crippen LogP contribution in [0.1, 0.15) is 33.1 Å². The molecule has 0 aromatic carbocycles. The van der Waals surface area contributed by atoms with Crippen molar-refractivity contribution >= 4 is 29.0 Å². The van der Waals surface area contributed by atoms with Gasteiger partial charge in [0.1, 0.15) is 12.4 Å². The lowest BCUT2D eigenvalue weighted by molar-refractivity contribution is -0.140. The number of carboxylic acid groups (broad SMARTS) is 1. The first-order chi connectivity index (χ1) is 13.3. The molecule has 10 nitrogen and oxygen atoms in total. The summed E-state index contributed by atoms with van der Waals surface area (Å²) in [6.07, 6.45) is 5.01. The molecular weight excluding hydrogens is 364 g/mol. The second-order valence-corrected chi connectivity index (χ2v) is 7.10. The Morgan fingerprint density at radius 2 is 1.96 bits per heavy atom. The van der Waals surface area contributed by atoms with Gasteiger partial charge in [0, 0.05) is 20.6 Å². The smallest absolute Gasteiger partial charge is 0.407 e. The van der Waals surface area contributed by atoms with Crippen LogP contribution >= 0.6 is 0 Å². The van der Waals surface area contributed by atoms with E-state index >= 15 is 0 Å². The molecule has 2 aromatic rings. The van der Waals surface area contributed by atoms with Crippen LogP contribution in [0.4, 0.5) is 10.6 Å². The Balaban J connectivity index is 1.72. The van der Waals surface area contributed by atoms with Crippen molar-refractivity contribution in [2.24, 2.45) is 5.92 Å². The highest BCUT2D eigenvalue weighted by atomic mass is 16.5. The van der Waals surface area contributed by atoms with Crippen molar-refractivity contribution in [2.75, 3.05) is 25.6 Å². The molecule has 0 aliphatic heterocycles. The summed E-state index contributed by atoms with van der Waals surface area (Å²) < 4.78 is 7.05. The fourth-order valence-corrected chi connectivity index (χ4v) is 2.77. The van der Waals surface area contributed by atoms with Gasteiger partial charge in [0.15, 0.2) is 17.0 Å². The lowest BCUT2D eigenvalue weighted by Crippen LogP contribution is -2.44. The third-order valence-corrected chi connectivity index (χ3v) is 4.29. The number of aromatic nitrogens is 4. The molecule has 1 atom stereocenters. The molecule has 2 N–H and O–H groups in total. The zero-order chi connectivity index (χ0) is 20.7. The number of rotatable bonds is 10. The van der Waals surface area contributed by atoms with Crippen LogP contribution in [-0.2, 0) is 16.1 Å². The number of ether oxygens (including phenoxy) is 1. The molecule has 0 aliphatic carbocycles. The van der Waals surface area contributed by atoms with E-state index in [0.717, 1.165) is 36.4 Å². The summed E-state index contributed by atoms with van der Waals surface area (Å²) in [5, 5.41) is 11.4. The summed E-state index contributed by atoms with van der Waals surface area (Å²) in [6, 6.07) is -0.948. The fraction of sp³-hybridized carbons (Fsp3) is 0.611. The van der Waals surface area contributed by atoms with Crippen molar-refractivity contribution < 1.29 is 19.4 Å². The Morgan fingerprint density at radius 3 is 2.61 bits per heavy atom. The average Bonchev–Trinajstić information content (AvgIpc) is 3.05. The predicted molar refractivity (Wildman–Crippen MR) is 104 cm³/mol. The molecular formula is C18H28N6O4. The maximum atomic E-state index is 11.7. The van der Waals surface area contributed by atoms with Crippen LogP contribution in [0.25, 0.3) is 11.2 Å². The van der Waals surface area contributed by atoms with Crippen LogP contribution < -0.4 is 10.2 Å². The van der Waals surface area contributed by atoms with Crippen molar-refractivity contribution in [3.63, 3.8) is 0 Å². The SMILES string of the molecule is CC(C)C(NC(=O)OCCCCCn1cnc2c(N(C)C)ncnc21)C(=O)O. The van der Waals surface area contributed by atoms with Gasteiger partial charge >= 0.3 is 12.1 Å². The third-order valence-electron chi connectivity index (χ3n) is 4.29. The van der Waals surface area contributed by atoms with Crippen LogP contribution in [-0.4, -0.2) is 63.4 Å². The summed E-state index contributed by atoms with van der Waals surface area (Å²) in [5.41, 5.74) is 1.56. The van der Waals surface area contributed by atoms with Crippen molar-refractivity contribution in [2.45, 2.75) is 45.7 Å². The van der Waals surface area contributed by atoms with Gasteiger partial charge in [-0.1, -0.05) is 13.8 Å². The van der Waals surface area contributed by atoms with E-state index in [4.69, 9.17) is 9.84 Å². The Bertz CT molecular complexity index is 804. The summed E-state index contributed by atoms with van der Waals surface area (Å²) in [7, 11) is 3.83. The molecule has 2 rings (SSSR count). The van der Waals surface area contributed by atoms with Crippen LogP contribution in [0, 0.1) is 5.92 Å². The minimum atomic E-state index is -1.07. The third kappa shape index (κ3) is 5.54. The summed E-state index contributed by atoms with van der Waals surface area (Å²) in [5.74, 6) is -0.503. The Hall–Kier alpha value is -2.91. The van der Waals surface area contributed by atoms with Crippen LogP contribution in [0.3, 0.4) is 0 Å². The van der Waals surface area contributed by atoms with Crippen LogP contribution in [0.15, 0.2) is 12.7 Å². The molecule has 1 unspecified atom stereocenters. The first-order valence-corrected chi connectivity index (χ1v) is 9.30. The van der Waals surface area contributed by atoms with Crippen molar-refractivity contribution in [3.8, 4) is 0 Å². The number of unbranched alkanes of at least 4 members (excludes halogenated alkanes) is 2. The molecule has 28 heavy (non-hydrogen) atoms. The van der Waals surface area contributed by atoms with Gasteiger partial charge in [-0.15, -0.1) is 0 Å². The van der Waals surface area contributed by atoms with E-state index in [1.807, 2.05) is 23.6 Å². The second kappa shape index (κ2) is 9.86. The number of alkyl carbamates (subject to hydrolysis) is 1. The van der Waals surface area contributed by atoms with Crippen molar-refractivity contribution in [1.29, 1.82) is 0 Å². The van der Waals surface area contributed by atoms with Gasteiger partial charge in [0.05, 0.1) is 12.9 Å². The number of imidazole rings is 1. The molecule has 0 spiro atoms. The highest BCUT2D eigenvalue weighted by molar-refractivity contribution is 5.83. The van der Waals surface area contributed by atoms with E-state index in [1.54, 1.807) is 20.2 Å². The number of nitrogens with one attached hydrogen (secondary N) is 1. The molecule has 0 fully saturated rings. The molecule has 10 heteroatoms. The molecule has 0 saturated carbocycles. The van der Waals surface area contributed by atoms with Gasteiger partial charge in [-0.3, -0.25) is 0 Å². The minimum Gasteiger partial charge on any atom is -0.480 e. The van der Waals surface area contributed by atoms with Gasteiger partial charge < -0.3 is 24.6 Å². The van der Waals surface area contributed by atoms with Gasteiger partial charge in [-0.25, -0.2) is 24.5 Å². The van der Waals surface area contributed by atoms with Crippen molar-refractivity contribution in [1.82, 2.24) is 24.8 Å². The Morgan fingerprint density at radius 1 is 1.21 bits per heavy atom. The molecule has 154 valence electrons. The number of anilines is 1. The monoisotopic (exact) mass is 392 g/mol. The first-order valence-electron chi connectivity index (χ1n) is 9.30. The zero-order valence-electron chi connectivity index (χ0n) is 16.8. The highest BCUT2D eigenvalue weighted by Gasteiger charge is 2.23. The van der Waals surface area contributed by atoms with Gasteiger partial charge in [0.25, 0.3) is 0 Å². The number of fused-ring (bicyclic) bond motifs is 1. The number of hydrogen-bond donors (Lipinski definition) is 2. The number of hydrogen-bond acceptors (Lipinski definition) is 7. The van der Waals surface area contributed by atoms with E-state index in [2.05, 4.69) is 20.3 Å². The summed E-state index contributed by atoms with van der Waals surface area (Å²) >= 11 is 0. The lowest BCUT2D eigenvalue weighted by Gasteiger charge is -2.17.